The van der Waals surface area contributed by atoms with E-state index >= 15 is 0 Å². The minimum atomic E-state index is 0. The number of hydrogen-bond acceptors (Lipinski definition) is 3. The van der Waals surface area contributed by atoms with Gasteiger partial charge < -0.3 is 10.6 Å². The van der Waals surface area contributed by atoms with Crippen LogP contribution in [-0.4, -0.2) is 30.5 Å². The highest BCUT2D eigenvalue weighted by Gasteiger charge is 2.32. The van der Waals surface area contributed by atoms with Gasteiger partial charge in [0.2, 0.25) is 0 Å². The standard InChI is InChI=1S/C9H11Cl2N3.CH4/c1-14-4-5-7(13-9(14)12)3-2-6(10)8(5)11;/h2-3,5,7H,4H2,1H3,(H2,12,13);1H4. The number of allylic oxidation sites excluding steroid dienone is 2. The molecule has 0 saturated carbocycles. The third-order valence-electron chi connectivity index (χ3n) is 2.55. The Bertz CT molecular complexity index is 347. The molecule has 2 unspecified atom stereocenters. The van der Waals surface area contributed by atoms with Crippen molar-refractivity contribution in [3.8, 4) is 0 Å². The SMILES string of the molecule is C.CN1CC2C(Cl)=C(Cl)C=CC2N=C1N. The van der Waals surface area contributed by atoms with Crippen LogP contribution in [-0.2, 0) is 0 Å². The lowest BCUT2D eigenvalue weighted by atomic mass is 9.93. The second-order valence-electron chi connectivity index (χ2n) is 3.52. The molecule has 0 fully saturated rings. The lowest BCUT2D eigenvalue weighted by Gasteiger charge is -2.34. The van der Waals surface area contributed by atoms with E-state index in [4.69, 9.17) is 28.9 Å². The molecule has 0 aromatic heterocycles. The van der Waals surface area contributed by atoms with Gasteiger partial charge in [-0.2, -0.15) is 0 Å². The Labute approximate surface area is 100 Å². The fraction of sp³-hybridized carbons (Fsp3) is 0.500. The maximum Gasteiger partial charge on any atom is 0.191 e. The van der Waals surface area contributed by atoms with Crippen LogP contribution in [0.4, 0.5) is 0 Å². The molecule has 2 aliphatic rings. The Hall–Kier alpha value is -0.670. The molecule has 1 heterocycles. The molecule has 5 heteroatoms. The summed E-state index contributed by atoms with van der Waals surface area (Å²) in [5.74, 6) is 0.699. The van der Waals surface area contributed by atoms with Crippen LogP contribution < -0.4 is 5.73 Å². The Balaban J connectivity index is 0.00000112. The zero-order valence-corrected chi connectivity index (χ0v) is 9.26. The number of guanidine groups is 1. The van der Waals surface area contributed by atoms with Gasteiger partial charge in [0.15, 0.2) is 5.96 Å². The number of nitrogens with two attached hydrogens (primary N) is 1. The van der Waals surface area contributed by atoms with E-state index in [0.29, 0.717) is 16.0 Å². The fourth-order valence-electron chi connectivity index (χ4n) is 1.68. The summed E-state index contributed by atoms with van der Waals surface area (Å²) in [6.45, 7) is 0.763. The van der Waals surface area contributed by atoms with Crippen molar-refractivity contribution in [3.05, 3.63) is 22.2 Å². The number of fused-ring (bicyclic) bond motifs is 1. The van der Waals surface area contributed by atoms with E-state index in [9.17, 15) is 0 Å². The van der Waals surface area contributed by atoms with Crippen LogP contribution in [0.3, 0.4) is 0 Å². The molecule has 0 spiro atoms. The maximum atomic E-state index is 6.11. The van der Waals surface area contributed by atoms with Gasteiger partial charge in [-0.05, 0) is 6.08 Å². The summed E-state index contributed by atoms with van der Waals surface area (Å²) >= 11 is 12.0. The molecule has 3 nitrogen and oxygen atoms in total. The molecule has 0 saturated heterocycles. The Morgan fingerprint density at radius 1 is 1.53 bits per heavy atom. The van der Waals surface area contributed by atoms with Crippen molar-refractivity contribution in [3.63, 3.8) is 0 Å². The summed E-state index contributed by atoms with van der Waals surface area (Å²) in [7, 11) is 1.89. The van der Waals surface area contributed by atoms with Crippen LogP contribution in [0.5, 0.6) is 0 Å². The topological polar surface area (TPSA) is 41.6 Å². The first-order valence-electron chi connectivity index (χ1n) is 4.37. The van der Waals surface area contributed by atoms with Crippen LogP contribution in [0.2, 0.25) is 0 Å². The number of halogens is 2. The summed E-state index contributed by atoms with van der Waals surface area (Å²) < 4.78 is 0. The minimum Gasteiger partial charge on any atom is -0.370 e. The van der Waals surface area contributed by atoms with Crippen molar-refractivity contribution < 1.29 is 0 Å². The molecule has 0 amide bonds. The Kier molecular flexibility index (Phi) is 3.68. The van der Waals surface area contributed by atoms with Crippen molar-refractivity contribution in [2.75, 3.05) is 13.6 Å². The quantitative estimate of drug-likeness (QED) is 0.713. The molecule has 1 aliphatic heterocycles. The summed E-state index contributed by atoms with van der Waals surface area (Å²) in [6, 6.07) is 0.0428. The molecule has 0 aromatic carbocycles. The first kappa shape index (κ1) is 12.4. The van der Waals surface area contributed by atoms with E-state index < -0.39 is 0 Å². The van der Waals surface area contributed by atoms with Crippen LogP contribution in [0.25, 0.3) is 0 Å². The fourth-order valence-corrected chi connectivity index (χ4v) is 2.16. The predicted molar refractivity (Wildman–Crippen MR) is 66.1 cm³/mol. The molecule has 15 heavy (non-hydrogen) atoms. The normalized spacial score (nSPS) is 29.5. The summed E-state index contributed by atoms with van der Waals surface area (Å²) in [6.07, 6.45) is 3.73. The van der Waals surface area contributed by atoms with E-state index in [-0.39, 0.29) is 19.4 Å². The van der Waals surface area contributed by atoms with E-state index in [2.05, 4.69) is 4.99 Å². The molecule has 2 atom stereocenters. The minimum absolute atomic E-state index is 0. The van der Waals surface area contributed by atoms with Crippen LogP contribution in [0.15, 0.2) is 27.2 Å². The lowest BCUT2D eigenvalue weighted by Crippen LogP contribution is -2.46. The van der Waals surface area contributed by atoms with E-state index in [1.54, 1.807) is 6.08 Å². The second-order valence-corrected chi connectivity index (χ2v) is 4.33. The van der Waals surface area contributed by atoms with Gasteiger partial charge in [-0.1, -0.05) is 36.7 Å². The van der Waals surface area contributed by atoms with E-state index in [0.717, 1.165) is 6.54 Å². The van der Waals surface area contributed by atoms with Crippen LogP contribution in [0, 0.1) is 5.92 Å². The molecular weight excluding hydrogens is 233 g/mol. The van der Waals surface area contributed by atoms with Gasteiger partial charge in [0.25, 0.3) is 0 Å². The van der Waals surface area contributed by atoms with Crippen molar-refractivity contribution >= 4 is 29.2 Å². The smallest absolute Gasteiger partial charge is 0.191 e. The first-order valence-corrected chi connectivity index (χ1v) is 5.13. The molecule has 0 radical (unpaired) electrons. The summed E-state index contributed by atoms with van der Waals surface area (Å²) in [4.78, 5) is 6.21. The average Bonchev–Trinajstić information content (AvgIpc) is 2.15. The highest BCUT2D eigenvalue weighted by atomic mass is 35.5. The number of hydrogen-bond donors (Lipinski definition) is 1. The van der Waals surface area contributed by atoms with Crippen molar-refractivity contribution in [2.24, 2.45) is 16.6 Å². The van der Waals surface area contributed by atoms with Crippen LogP contribution >= 0.6 is 23.2 Å². The second kappa shape index (κ2) is 4.45. The van der Waals surface area contributed by atoms with Gasteiger partial charge in [-0.3, -0.25) is 0 Å². The molecule has 1 aliphatic carbocycles. The van der Waals surface area contributed by atoms with Gasteiger partial charge >= 0.3 is 0 Å². The molecule has 2 rings (SSSR count). The molecule has 0 bridgehead atoms. The molecular formula is C10H15Cl2N3. The summed E-state index contributed by atoms with van der Waals surface area (Å²) in [5, 5.41) is 1.29. The van der Waals surface area contributed by atoms with Crippen LogP contribution in [0.1, 0.15) is 7.43 Å². The molecule has 2 N–H and O–H groups in total. The third-order valence-corrected chi connectivity index (χ3v) is 3.46. The van der Waals surface area contributed by atoms with E-state index in [1.807, 2.05) is 18.0 Å². The van der Waals surface area contributed by atoms with Crippen molar-refractivity contribution in [1.29, 1.82) is 0 Å². The largest absolute Gasteiger partial charge is 0.370 e. The average molecular weight is 248 g/mol. The highest BCUT2D eigenvalue weighted by molar-refractivity contribution is 6.40. The van der Waals surface area contributed by atoms with Gasteiger partial charge in [0, 0.05) is 24.5 Å². The van der Waals surface area contributed by atoms with Crippen molar-refractivity contribution in [2.45, 2.75) is 13.5 Å². The lowest BCUT2D eigenvalue weighted by molar-refractivity contribution is 0.368. The monoisotopic (exact) mass is 247 g/mol. The number of aliphatic imine (C=N–C) groups is 1. The van der Waals surface area contributed by atoms with Gasteiger partial charge in [0.05, 0.1) is 11.1 Å². The zero-order valence-electron chi connectivity index (χ0n) is 7.74. The number of rotatable bonds is 0. The van der Waals surface area contributed by atoms with Gasteiger partial charge in [-0.15, -0.1) is 0 Å². The summed E-state index contributed by atoms with van der Waals surface area (Å²) in [5.41, 5.74) is 5.72. The Morgan fingerprint density at radius 3 is 2.87 bits per heavy atom. The third kappa shape index (κ3) is 2.13. The molecule has 0 aromatic rings. The number of nitrogens with zero attached hydrogens (tertiary/aromatic N) is 2. The zero-order chi connectivity index (χ0) is 10.3. The van der Waals surface area contributed by atoms with Crippen molar-refractivity contribution in [1.82, 2.24) is 4.90 Å². The van der Waals surface area contributed by atoms with Gasteiger partial charge in [-0.25, -0.2) is 4.99 Å². The molecule has 84 valence electrons. The Morgan fingerprint density at radius 2 is 2.20 bits per heavy atom. The van der Waals surface area contributed by atoms with Gasteiger partial charge in [0.1, 0.15) is 0 Å². The highest BCUT2D eigenvalue weighted by Crippen LogP contribution is 2.34. The van der Waals surface area contributed by atoms with E-state index in [1.165, 1.54) is 0 Å². The predicted octanol–water partition coefficient (Wildman–Crippen LogP) is 2.13. The maximum absolute atomic E-state index is 6.11. The first-order chi connectivity index (χ1) is 6.59.